The van der Waals surface area contributed by atoms with E-state index in [2.05, 4.69) is 44.5 Å². The van der Waals surface area contributed by atoms with Gasteiger partial charge in [0.05, 0.1) is 6.61 Å². The normalized spacial score (nSPS) is 27.4. The molecule has 1 rings (SSSR count). The zero-order valence-corrected chi connectivity index (χ0v) is 12.2. The predicted octanol–water partition coefficient (Wildman–Crippen LogP) is 1.67. The number of rotatable bonds is 4. The second-order valence-corrected chi connectivity index (χ2v) is 6.83. The molecule has 3 heteroatoms. The van der Waals surface area contributed by atoms with E-state index in [1.165, 1.54) is 6.42 Å². The highest BCUT2D eigenvalue weighted by molar-refractivity contribution is 4.86. The Morgan fingerprint density at radius 2 is 1.94 bits per heavy atom. The van der Waals surface area contributed by atoms with Crippen LogP contribution in [0, 0.1) is 11.3 Å². The van der Waals surface area contributed by atoms with Crippen molar-refractivity contribution in [1.29, 1.82) is 0 Å². The van der Waals surface area contributed by atoms with Crippen molar-refractivity contribution < 1.29 is 5.11 Å². The summed E-state index contributed by atoms with van der Waals surface area (Å²) in [5.74, 6) is 0.756. The molecule has 1 saturated heterocycles. The maximum Gasteiger partial charge on any atom is 0.0599 e. The van der Waals surface area contributed by atoms with Crippen LogP contribution in [-0.2, 0) is 0 Å². The SMILES string of the molecule is CC(C)CCN1CC(CO)N(C)CC(C)(C)C1. The number of hydrogen-bond acceptors (Lipinski definition) is 3. The van der Waals surface area contributed by atoms with Crippen LogP contribution in [0.25, 0.3) is 0 Å². The van der Waals surface area contributed by atoms with Gasteiger partial charge < -0.3 is 10.0 Å². The van der Waals surface area contributed by atoms with Crippen LogP contribution in [-0.4, -0.2) is 60.8 Å². The first-order chi connectivity index (χ1) is 7.84. The molecule has 1 heterocycles. The highest BCUT2D eigenvalue weighted by Crippen LogP contribution is 2.24. The molecule has 1 N–H and O–H groups in total. The molecule has 1 fully saturated rings. The Morgan fingerprint density at radius 1 is 1.29 bits per heavy atom. The van der Waals surface area contributed by atoms with Crippen molar-refractivity contribution in [1.82, 2.24) is 9.80 Å². The highest BCUT2D eigenvalue weighted by Gasteiger charge is 2.31. The van der Waals surface area contributed by atoms with E-state index < -0.39 is 0 Å². The van der Waals surface area contributed by atoms with Crippen LogP contribution in [0.1, 0.15) is 34.1 Å². The average Bonchev–Trinajstić information content (AvgIpc) is 2.30. The average molecular weight is 242 g/mol. The van der Waals surface area contributed by atoms with Gasteiger partial charge in [-0.15, -0.1) is 0 Å². The molecule has 102 valence electrons. The maximum atomic E-state index is 9.48. The lowest BCUT2D eigenvalue weighted by molar-refractivity contribution is 0.125. The molecule has 0 spiro atoms. The van der Waals surface area contributed by atoms with Gasteiger partial charge in [-0.25, -0.2) is 0 Å². The Kier molecular flexibility index (Phi) is 5.42. The summed E-state index contributed by atoms with van der Waals surface area (Å²) in [6, 6.07) is 0.295. The van der Waals surface area contributed by atoms with Gasteiger partial charge >= 0.3 is 0 Å². The van der Waals surface area contributed by atoms with Crippen LogP contribution in [0.2, 0.25) is 0 Å². The Labute approximate surface area is 107 Å². The second kappa shape index (κ2) is 6.17. The summed E-state index contributed by atoms with van der Waals surface area (Å²) < 4.78 is 0. The first-order valence-electron chi connectivity index (χ1n) is 6.87. The van der Waals surface area contributed by atoms with Crippen molar-refractivity contribution in [2.24, 2.45) is 11.3 Å². The molecule has 0 amide bonds. The van der Waals surface area contributed by atoms with E-state index in [0.717, 1.165) is 32.1 Å². The lowest BCUT2D eigenvalue weighted by atomic mass is 9.92. The lowest BCUT2D eigenvalue weighted by Crippen LogP contribution is -2.41. The summed E-state index contributed by atoms with van der Waals surface area (Å²) in [5, 5.41) is 9.48. The van der Waals surface area contributed by atoms with Gasteiger partial charge in [-0.3, -0.25) is 4.90 Å². The van der Waals surface area contributed by atoms with E-state index in [-0.39, 0.29) is 6.61 Å². The molecule has 0 aromatic heterocycles. The number of nitrogens with zero attached hydrogens (tertiary/aromatic N) is 2. The third kappa shape index (κ3) is 4.94. The van der Waals surface area contributed by atoms with Crippen molar-refractivity contribution >= 4 is 0 Å². The molecule has 0 saturated carbocycles. The van der Waals surface area contributed by atoms with Crippen LogP contribution in [0.4, 0.5) is 0 Å². The van der Waals surface area contributed by atoms with Gasteiger partial charge in [-0.2, -0.15) is 0 Å². The maximum absolute atomic E-state index is 9.48. The molecule has 0 aromatic carbocycles. The molecule has 0 radical (unpaired) electrons. The molecule has 1 atom stereocenters. The minimum absolute atomic E-state index is 0.269. The Bertz CT molecular complexity index is 228. The monoisotopic (exact) mass is 242 g/mol. The fourth-order valence-corrected chi connectivity index (χ4v) is 2.77. The van der Waals surface area contributed by atoms with Gasteiger partial charge in [0, 0.05) is 25.7 Å². The van der Waals surface area contributed by atoms with Gasteiger partial charge in [0.15, 0.2) is 0 Å². The van der Waals surface area contributed by atoms with E-state index in [1.54, 1.807) is 0 Å². The van der Waals surface area contributed by atoms with E-state index in [4.69, 9.17) is 0 Å². The molecule has 0 aliphatic carbocycles. The molecular formula is C14H30N2O. The largest absolute Gasteiger partial charge is 0.395 e. The molecule has 0 aromatic rings. The molecule has 1 aliphatic rings. The number of aliphatic hydroxyl groups is 1. The second-order valence-electron chi connectivity index (χ2n) is 6.83. The van der Waals surface area contributed by atoms with Gasteiger partial charge in [0.1, 0.15) is 0 Å². The summed E-state index contributed by atoms with van der Waals surface area (Å²) in [4.78, 5) is 4.85. The third-order valence-electron chi connectivity index (χ3n) is 3.65. The summed E-state index contributed by atoms with van der Waals surface area (Å²) in [6.45, 7) is 13.8. The quantitative estimate of drug-likeness (QED) is 0.812. The van der Waals surface area contributed by atoms with E-state index >= 15 is 0 Å². The Balaban J connectivity index is 2.63. The Morgan fingerprint density at radius 3 is 2.47 bits per heavy atom. The van der Waals surface area contributed by atoms with Crippen molar-refractivity contribution in [3.63, 3.8) is 0 Å². The number of aliphatic hydroxyl groups excluding tert-OH is 1. The zero-order chi connectivity index (χ0) is 13.1. The van der Waals surface area contributed by atoms with Crippen molar-refractivity contribution in [3.8, 4) is 0 Å². The predicted molar refractivity (Wildman–Crippen MR) is 73.2 cm³/mol. The molecule has 0 bridgehead atoms. The minimum Gasteiger partial charge on any atom is -0.395 e. The van der Waals surface area contributed by atoms with Crippen LogP contribution in [0.15, 0.2) is 0 Å². The summed E-state index contributed by atoms with van der Waals surface area (Å²) >= 11 is 0. The zero-order valence-electron chi connectivity index (χ0n) is 12.2. The van der Waals surface area contributed by atoms with Crippen molar-refractivity contribution in [2.75, 3.05) is 39.8 Å². The van der Waals surface area contributed by atoms with E-state index in [1.807, 2.05) is 0 Å². The standard InChI is InChI=1S/C14H30N2O/c1-12(2)6-7-16-8-13(9-17)15(5)10-14(3,4)11-16/h12-13,17H,6-11H2,1-5H3. The highest BCUT2D eigenvalue weighted by atomic mass is 16.3. The third-order valence-corrected chi connectivity index (χ3v) is 3.65. The van der Waals surface area contributed by atoms with Gasteiger partial charge in [0.2, 0.25) is 0 Å². The van der Waals surface area contributed by atoms with Gasteiger partial charge in [-0.1, -0.05) is 27.7 Å². The summed E-state index contributed by atoms with van der Waals surface area (Å²) in [6.07, 6.45) is 1.25. The van der Waals surface area contributed by atoms with Crippen molar-refractivity contribution in [2.45, 2.75) is 40.2 Å². The first kappa shape index (κ1) is 14.9. The lowest BCUT2D eigenvalue weighted by Gasteiger charge is -2.30. The van der Waals surface area contributed by atoms with Gasteiger partial charge in [0.25, 0.3) is 0 Å². The molecule has 1 unspecified atom stereocenters. The topological polar surface area (TPSA) is 26.7 Å². The smallest absolute Gasteiger partial charge is 0.0599 e. The van der Waals surface area contributed by atoms with E-state index in [0.29, 0.717) is 11.5 Å². The number of likely N-dealkylation sites (N-methyl/N-ethyl adjacent to an activating group) is 1. The van der Waals surface area contributed by atoms with Crippen LogP contribution in [0.3, 0.4) is 0 Å². The summed E-state index contributed by atoms with van der Waals surface area (Å²) in [5.41, 5.74) is 0.315. The Hall–Kier alpha value is -0.120. The van der Waals surface area contributed by atoms with Crippen LogP contribution >= 0.6 is 0 Å². The molecule has 17 heavy (non-hydrogen) atoms. The number of hydrogen-bond donors (Lipinski definition) is 1. The molecule has 1 aliphatic heterocycles. The van der Waals surface area contributed by atoms with Gasteiger partial charge in [-0.05, 0) is 31.3 Å². The van der Waals surface area contributed by atoms with Crippen molar-refractivity contribution in [3.05, 3.63) is 0 Å². The molecular weight excluding hydrogens is 212 g/mol. The first-order valence-corrected chi connectivity index (χ1v) is 6.87. The molecule has 3 nitrogen and oxygen atoms in total. The summed E-state index contributed by atoms with van der Waals surface area (Å²) in [7, 11) is 2.13. The van der Waals surface area contributed by atoms with E-state index in [9.17, 15) is 5.11 Å². The fourth-order valence-electron chi connectivity index (χ4n) is 2.77. The van der Waals surface area contributed by atoms with Crippen LogP contribution < -0.4 is 0 Å². The van der Waals surface area contributed by atoms with Crippen LogP contribution in [0.5, 0.6) is 0 Å². The minimum atomic E-state index is 0.269. The fraction of sp³-hybridized carbons (Fsp3) is 1.00.